The molecule has 0 bridgehead atoms. The minimum atomic E-state index is -3.78. The standard InChI is InChI=1S/C11H8FN5O2S2/c12-8-3-1-7(2-4-8)10-13-5-9(20-10)21(18,19)17-11-14-6-15-16-11/h1-6H,(H2,14,15,16,17). The van der Waals surface area contributed by atoms with E-state index in [0.29, 0.717) is 10.6 Å². The molecule has 0 fully saturated rings. The summed E-state index contributed by atoms with van der Waals surface area (Å²) in [6.45, 7) is 0. The van der Waals surface area contributed by atoms with Crippen LogP contribution in [-0.4, -0.2) is 28.6 Å². The molecule has 0 spiro atoms. The van der Waals surface area contributed by atoms with Gasteiger partial charge in [0.25, 0.3) is 10.0 Å². The number of halogens is 1. The second kappa shape index (κ2) is 5.22. The Labute approximate surface area is 122 Å². The molecule has 0 amide bonds. The maximum Gasteiger partial charge on any atom is 0.275 e. The van der Waals surface area contributed by atoms with Gasteiger partial charge in [0.1, 0.15) is 17.2 Å². The Morgan fingerprint density at radius 2 is 1.95 bits per heavy atom. The van der Waals surface area contributed by atoms with Crippen LogP contribution < -0.4 is 4.72 Å². The lowest BCUT2D eigenvalue weighted by molar-refractivity contribution is 0.602. The Morgan fingerprint density at radius 3 is 2.62 bits per heavy atom. The zero-order valence-electron chi connectivity index (χ0n) is 10.3. The van der Waals surface area contributed by atoms with Gasteiger partial charge in [-0.25, -0.2) is 27.6 Å². The van der Waals surface area contributed by atoms with E-state index in [1.165, 1.54) is 36.8 Å². The third-order valence-electron chi connectivity index (χ3n) is 2.49. The van der Waals surface area contributed by atoms with E-state index < -0.39 is 10.0 Å². The van der Waals surface area contributed by atoms with Crippen molar-refractivity contribution in [3.8, 4) is 10.6 Å². The normalized spacial score (nSPS) is 11.5. The minimum Gasteiger partial charge on any atom is -0.247 e. The fourth-order valence-electron chi connectivity index (χ4n) is 1.54. The van der Waals surface area contributed by atoms with Gasteiger partial charge in [-0.15, -0.1) is 11.3 Å². The molecule has 0 atom stereocenters. The van der Waals surface area contributed by atoms with E-state index in [1.54, 1.807) is 0 Å². The summed E-state index contributed by atoms with van der Waals surface area (Å²) in [7, 11) is -3.78. The van der Waals surface area contributed by atoms with E-state index in [2.05, 4.69) is 24.9 Å². The number of rotatable bonds is 4. The number of hydrogen-bond acceptors (Lipinski definition) is 6. The van der Waals surface area contributed by atoms with Gasteiger partial charge in [0.15, 0.2) is 4.21 Å². The Kier molecular flexibility index (Phi) is 3.39. The summed E-state index contributed by atoms with van der Waals surface area (Å²) in [6, 6.07) is 5.65. The van der Waals surface area contributed by atoms with Crippen molar-refractivity contribution in [2.75, 3.05) is 4.72 Å². The highest BCUT2D eigenvalue weighted by Crippen LogP contribution is 2.28. The number of nitrogens with one attached hydrogen (secondary N) is 2. The number of benzene rings is 1. The van der Waals surface area contributed by atoms with E-state index in [0.717, 1.165) is 11.3 Å². The van der Waals surface area contributed by atoms with E-state index in [-0.39, 0.29) is 16.0 Å². The van der Waals surface area contributed by atoms with Crippen LogP contribution in [0.1, 0.15) is 0 Å². The van der Waals surface area contributed by atoms with Crippen molar-refractivity contribution >= 4 is 27.3 Å². The predicted molar refractivity (Wildman–Crippen MR) is 74.7 cm³/mol. The maximum absolute atomic E-state index is 12.9. The lowest BCUT2D eigenvalue weighted by Crippen LogP contribution is -2.12. The summed E-state index contributed by atoms with van der Waals surface area (Å²) in [6.07, 6.45) is 2.43. The van der Waals surface area contributed by atoms with Crippen molar-refractivity contribution < 1.29 is 12.8 Å². The fraction of sp³-hybridized carbons (Fsp3) is 0. The summed E-state index contributed by atoms with van der Waals surface area (Å²) in [5.74, 6) is -0.345. The van der Waals surface area contributed by atoms with Crippen LogP contribution in [0, 0.1) is 5.82 Å². The van der Waals surface area contributed by atoms with Crippen molar-refractivity contribution in [1.82, 2.24) is 20.2 Å². The van der Waals surface area contributed by atoms with Crippen LogP contribution in [0.2, 0.25) is 0 Å². The molecule has 108 valence electrons. The van der Waals surface area contributed by atoms with Crippen molar-refractivity contribution in [3.63, 3.8) is 0 Å². The van der Waals surface area contributed by atoms with Crippen molar-refractivity contribution in [2.24, 2.45) is 0 Å². The zero-order chi connectivity index (χ0) is 14.9. The third kappa shape index (κ3) is 2.90. The van der Waals surface area contributed by atoms with Crippen LogP contribution in [-0.2, 0) is 10.0 Å². The zero-order valence-corrected chi connectivity index (χ0v) is 11.9. The minimum absolute atomic E-state index is 0.0201. The highest BCUT2D eigenvalue weighted by molar-refractivity contribution is 7.94. The summed E-state index contributed by atoms with van der Waals surface area (Å²) in [5, 5.41) is 6.43. The summed E-state index contributed by atoms with van der Waals surface area (Å²) in [5.41, 5.74) is 0.641. The number of hydrogen-bond donors (Lipinski definition) is 2. The Morgan fingerprint density at radius 1 is 1.19 bits per heavy atom. The molecule has 0 saturated heterocycles. The second-order valence-electron chi connectivity index (χ2n) is 3.93. The highest BCUT2D eigenvalue weighted by Gasteiger charge is 2.19. The molecule has 10 heteroatoms. The number of thiazole rings is 1. The lowest BCUT2D eigenvalue weighted by atomic mass is 10.2. The van der Waals surface area contributed by atoms with Crippen LogP contribution in [0.5, 0.6) is 0 Å². The molecular formula is C11H8FN5O2S2. The molecule has 3 aromatic rings. The van der Waals surface area contributed by atoms with Crippen molar-refractivity contribution in [2.45, 2.75) is 4.21 Å². The molecule has 2 N–H and O–H groups in total. The van der Waals surface area contributed by atoms with Crippen LogP contribution in [0.3, 0.4) is 0 Å². The van der Waals surface area contributed by atoms with E-state index in [1.807, 2.05) is 0 Å². The third-order valence-corrected chi connectivity index (χ3v) is 5.33. The number of aromatic nitrogens is 4. The first-order chi connectivity index (χ1) is 10.0. The van der Waals surface area contributed by atoms with Gasteiger partial charge in [-0.3, -0.25) is 0 Å². The largest absolute Gasteiger partial charge is 0.275 e. The topological polar surface area (TPSA) is 101 Å². The Bertz CT molecular complexity index is 843. The van der Waals surface area contributed by atoms with Gasteiger partial charge in [0.2, 0.25) is 5.95 Å². The lowest BCUT2D eigenvalue weighted by Gasteiger charge is -2.00. The summed E-state index contributed by atoms with van der Waals surface area (Å²) < 4.78 is 39.4. The van der Waals surface area contributed by atoms with Gasteiger partial charge in [-0.1, -0.05) is 0 Å². The van der Waals surface area contributed by atoms with Gasteiger partial charge in [-0.05, 0) is 24.3 Å². The van der Waals surface area contributed by atoms with Gasteiger partial charge in [0.05, 0.1) is 6.20 Å². The van der Waals surface area contributed by atoms with Gasteiger partial charge >= 0.3 is 0 Å². The maximum atomic E-state index is 12.9. The highest BCUT2D eigenvalue weighted by atomic mass is 32.2. The van der Waals surface area contributed by atoms with E-state index in [4.69, 9.17) is 0 Å². The van der Waals surface area contributed by atoms with Gasteiger partial charge in [-0.2, -0.15) is 10.1 Å². The van der Waals surface area contributed by atoms with Crippen molar-refractivity contribution in [3.05, 3.63) is 42.6 Å². The number of sulfonamides is 1. The Balaban J connectivity index is 1.89. The molecule has 3 rings (SSSR count). The van der Waals surface area contributed by atoms with Crippen molar-refractivity contribution in [1.29, 1.82) is 0 Å². The molecule has 0 saturated carbocycles. The number of nitrogens with zero attached hydrogens (tertiary/aromatic N) is 3. The smallest absolute Gasteiger partial charge is 0.247 e. The molecule has 2 aromatic heterocycles. The Hall–Kier alpha value is -2.33. The molecular weight excluding hydrogens is 317 g/mol. The van der Waals surface area contributed by atoms with E-state index >= 15 is 0 Å². The first-order valence-electron chi connectivity index (χ1n) is 5.64. The number of aromatic amines is 1. The summed E-state index contributed by atoms with van der Waals surface area (Å²) >= 11 is 0.975. The molecule has 0 radical (unpaired) electrons. The molecule has 0 unspecified atom stereocenters. The van der Waals surface area contributed by atoms with Crippen LogP contribution in [0.15, 0.2) is 41.0 Å². The molecule has 0 aliphatic heterocycles. The molecule has 7 nitrogen and oxygen atoms in total. The first-order valence-corrected chi connectivity index (χ1v) is 7.94. The predicted octanol–water partition coefficient (Wildman–Crippen LogP) is 1.87. The summed E-state index contributed by atoms with van der Waals surface area (Å²) in [4.78, 5) is 7.73. The molecule has 1 aromatic carbocycles. The average Bonchev–Trinajstić information content (AvgIpc) is 3.10. The van der Waals surface area contributed by atoms with Crippen LogP contribution >= 0.6 is 11.3 Å². The second-order valence-corrected chi connectivity index (χ2v) is 6.87. The molecule has 0 aliphatic carbocycles. The van der Waals surface area contributed by atoms with Gasteiger partial charge < -0.3 is 0 Å². The molecule has 21 heavy (non-hydrogen) atoms. The van der Waals surface area contributed by atoms with Gasteiger partial charge in [0, 0.05) is 5.56 Å². The van der Waals surface area contributed by atoms with Crippen LogP contribution in [0.4, 0.5) is 10.3 Å². The van der Waals surface area contributed by atoms with Crippen LogP contribution in [0.25, 0.3) is 10.6 Å². The SMILES string of the molecule is O=S(=O)(Nc1ncn[nH]1)c1cnc(-c2ccc(F)cc2)s1. The first kappa shape index (κ1) is 13.6. The van der Waals surface area contributed by atoms with E-state index in [9.17, 15) is 12.8 Å². The number of anilines is 1. The monoisotopic (exact) mass is 325 g/mol. The molecule has 0 aliphatic rings. The fourth-order valence-corrected chi connectivity index (χ4v) is 3.64. The average molecular weight is 325 g/mol. The molecule has 2 heterocycles. The quantitative estimate of drug-likeness (QED) is 0.762. The number of H-pyrrole nitrogens is 1.